The van der Waals surface area contributed by atoms with Crippen molar-refractivity contribution in [2.75, 3.05) is 19.5 Å². The molecule has 0 aliphatic carbocycles. The van der Waals surface area contributed by atoms with Gasteiger partial charge in [0, 0.05) is 22.4 Å². The Kier molecular flexibility index (Phi) is 7.51. The lowest BCUT2D eigenvalue weighted by molar-refractivity contribution is -0.123. The van der Waals surface area contributed by atoms with Crippen LogP contribution in [0.5, 0.6) is 5.75 Å². The molecule has 4 nitrogen and oxygen atoms in total. The Labute approximate surface area is 132 Å². The molecule has 0 aromatic heterocycles. The summed E-state index contributed by atoms with van der Waals surface area (Å²) in [5, 5.41) is 12.7. The summed E-state index contributed by atoms with van der Waals surface area (Å²) in [6, 6.07) is 4.65. The molecule has 0 heterocycles. The Morgan fingerprint density at radius 2 is 2.20 bits per heavy atom. The minimum Gasteiger partial charge on any atom is -0.482 e. The SMILES string of the molecule is CSC(CO)C(C)NC(=O)COc1cc(Cl)ccc1Cl. The third-order valence-corrected chi connectivity index (χ3v) is 4.39. The predicted octanol–water partition coefficient (Wildman–Crippen LogP) is 2.60. The summed E-state index contributed by atoms with van der Waals surface area (Å²) in [7, 11) is 0. The molecule has 0 saturated heterocycles. The van der Waals surface area contributed by atoms with Crippen LogP contribution in [0.2, 0.25) is 10.0 Å². The fourth-order valence-electron chi connectivity index (χ4n) is 1.56. The summed E-state index contributed by atoms with van der Waals surface area (Å²) < 4.78 is 5.33. The molecule has 20 heavy (non-hydrogen) atoms. The minimum absolute atomic E-state index is 0.00356. The Balaban J connectivity index is 2.49. The Hall–Kier alpha value is -0.620. The molecule has 112 valence electrons. The number of halogens is 2. The highest BCUT2D eigenvalue weighted by Crippen LogP contribution is 2.27. The lowest BCUT2D eigenvalue weighted by Crippen LogP contribution is -2.43. The molecule has 0 aliphatic rings. The maximum absolute atomic E-state index is 11.8. The number of carbonyl (C=O) groups excluding carboxylic acids is 1. The van der Waals surface area contributed by atoms with E-state index in [1.165, 1.54) is 11.8 Å². The Bertz CT molecular complexity index is 455. The molecule has 0 radical (unpaired) electrons. The van der Waals surface area contributed by atoms with Gasteiger partial charge in [-0.15, -0.1) is 0 Å². The van der Waals surface area contributed by atoms with Gasteiger partial charge >= 0.3 is 0 Å². The van der Waals surface area contributed by atoms with Gasteiger partial charge < -0.3 is 15.2 Å². The molecule has 7 heteroatoms. The van der Waals surface area contributed by atoms with Crippen LogP contribution in [-0.4, -0.2) is 41.8 Å². The van der Waals surface area contributed by atoms with Gasteiger partial charge in [0.25, 0.3) is 5.91 Å². The highest BCUT2D eigenvalue weighted by molar-refractivity contribution is 7.99. The molecule has 2 unspecified atom stereocenters. The lowest BCUT2D eigenvalue weighted by Gasteiger charge is -2.21. The number of benzene rings is 1. The smallest absolute Gasteiger partial charge is 0.258 e. The standard InChI is InChI=1S/C13H17Cl2NO3S/c1-8(12(6-17)20-2)16-13(18)7-19-11-5-9(14)3-4-10(11)15/h3-5,8,12,17H,6-7H2,1-2H3,(H,16,18). The van der Waals surface area contributed by atoms with Crippen LogP contribution < -0.4 is 10.1 Å². The average Bonchev–Trinajstić information content (AvgIpc) is 2.41. The normalized spacial score (nSPS) is 13.7. The van der Waals surface area contributed by atoms with E-state index in [9.17, 15) is 4.79 Å². The quantitative estimate of drug-likeness (QED) is 0.802. The van der Waals surface area contributed by atoms with Gasteiger partial charge in [-0.1, -0.05) is 23.2 Å². The Morgan fingerprint density at radius 1 is 1.50 bits per heavy atom. The van der Waals surface area contributed by atoms with Crippen LogP contribution in [0.3, 0.4) is 0 Å². The minimum atomic E-state index is -0.277. The molecule has 0 saturated carbocycles. The van der Waals surface area contributed by atoms with Gasteiger partial charge in [0.15, 0.2) is 6.61 Å². The van der Waals surface area contributed by atoms with Gasteiger partial charge in [-0.25, -0.2) is 0 Å². The summed E-state index contributed by atoms with van der Waals surface area (Å²) in [6.07, 6.45) is 1.88. The molecule has 1 amide bonds. The van der Waals surface area contributed by atoms with Gasteiger partial charge in [-0.2, -0.15) is 11.8 Å². The molecule has 0 bridgehead atoms. The monoisotopic (exact) mass is 337 g/mol. The van der Waals surface area contributed by atoms with E-state index in [-0.39, 0.29) is 30.4 Å². The first-order valence-electron chi connectivity index (χ1n) is 5.98. The lowest BCUT2D eigenvalue weighted by atomic mass is 10.2. The van der Waals surface area contributed by atoms with Crippen molar-refractivity contribution in [3.63, 3.8) is 0 Å². The highest BCUT2D eigenvalue weighted by Gasteiger charge is 2.17. The van der Waals surface area contributed by atoms with Crippen LogP contribution in [0, 0.1) is 0 Å². The maximum Gasteiger partial charge on any atom is 0.258 e. The molecular weight excluding hydrogens is 321 g/mol. The summed E-state index contributed by atoms with van der Waals surface area (Å²) in [6.45, 7) is 1.68. The fourth-order valence-corrected chi connectivity index (χ4v) is 2.52. The first-order valence-corrected chi connectivity index (χ1v) is 8.03. The second kappa shape index (κ2) is 8.62. The predicted molar refractivity (Wildman–Crippen MR) is 84.0 cm³/mol. The molecule has 0 fully saturated rings. The second-order valence-electron chi connectivity index (χ2n) is 4.18. The molecule has 1 aromatic carbocycles. The van der Waals surface area contributed by atoms with E-state index in [1.54, 1.807) is 18.2 Å². The summed E-state index contributed by atoms with van der Waals surface area (Å²) >= 11 is 13.2. The molecule has 1 rings (SSSR count). The van der Waals surface area contributed by atoms with E-state index in [0.717, 1.165) is 0 Å². The Morgan fingerprint density at radius 3 is 2.80 bits per heavy atom. The van der Waals surface area contributed by atoms with Crippen molar-refractivity contribution in [2.45, 2.75) is 18.2 Å². The van der Waals surface area contributed by atoms with Gasteiger partial charge in [0.05, 0.1) is 11.6 Å². The van der Waals surface area contributed by atoms with E-state index in [1.807, 2.05) is 13.2 Å². The second-order valence-corrected chi connectivity index (χ2v) is 6.10. The number of nitrogens with one attached hydrogen (secondary N) is 1. The zero-order valence-electron chi connectivity index (χ0n) is 11.2. The van der Waals surface area contributed by atoms with Crippen LogP contribution in [-0.2, 0) is 4.79 Å². The third kappa shape index (κ3) is 5.40. The molecule has 0 spiro atoms. The van der Waals surface area contributed by atoms with Crippen LogP contribution in [0.1, 0.15) is 6.92 Å². The number of thioether (sulfide) groups is 1. The number of aliphatic hydroxyl groups is 1. The molecule has 0 aliphatic heterocycles. The number of aliphatic hydroxyl groups excluding tert-OH is 1. The van der Waals surface area contributed by atoms with Crippen LogP contribution in [0.15, 0.2) is 18.2 Å². The van der Waals surface area contributed by atoms with Crippen molar-refractivity contribution in [3.8, 4) is 5.75 Å². The average molecular weight is 338 g/mol. The van der Waals surface area contributed by atoms with Crippen LogP contribution >= 0.6 is 35.0 Å². The van der Waals surface area contributed by atoms with Crippen molar-refractivity contribution in [3.05, 3.63) is 28.2 Å². The van der Waals surface area contributed by atoms with E-state index < -0.39 is 0 Å². The van der Waals surface area contributed by atoms with Crippen molar-refractivity contribution >= 4 is 40.9 Å². The summed E-state index contributed by atoms with van der Waals surface area (Å²) in [5.74, 6) is 0.0894. The van der Waals surface area contributed by atoms with Crippen LogP contribution in [0.25, 0.3) is 0 Å². The number of rotatable bonds is 7. The third-order valence-electron chi connectivity index (χ3n) is 2.68. The zero-order chi connectivity index (χ0) is 15.1. The van der Waals surface area contributed by atoms with E-state index >= 15 is 0 Å². The van der Waals surface area contributed by atoms with E-state index in [0.29, 0.717) is 15.8 Å². The number of amides is 1. The largest absolute Gasteiger partial charge is 0.482 e. The zero-order valence-corrected chi connectivity index (χ0v) is 13.6. The van der Waals surface area contributed by atoms with Crippen molar-refractivity contribution in [2.24, 2.45) is 0 Å². The molecule has 2 N–H and O–H groups in total. The van der Waals surface area contributed by atoms with Gasteiger partial charge in [0.2, 0.25) is 0 Å². The first kappa shape index (κ1) is 17.4. The summed E-state index contributed by atoms with van der Waals surface area (Å²) in [5.41, 5.74) is 0. The highest BCUT2D eigenvalue weighted by atomic mass is 35.5. The van der Waals surface area contributed by atoms with Crippen molar-refractivity contribution in [1.29, 1.82) is 0 Å². The van der Waals surface area contributed by atoms with Gasteiger partial charge in [-0.05, 0) is 25.3 Å². The summed E-state index contributed by atoms with van der Waals surface area (Å²) in [4.78, 5) is 11.8. The first-order chi connectivity index (χ1) is 9.47. The van der Waals surface area contributed by atoms with Gasteiger partial charge in [-0.3, -0.25) is 4.79 Å². The number of hydrogen-bond donors (Lipinski definition) is 2. The maximum atomic E-state index is 11.8. The van der Waals surface area contributed by atoms with Crippen molar-refractivity contribution in [1.82, 2.24) is 5.32 Å². The molecule has 2 atom stereocenters. The molecular formula is C13H17Cl2NO3S. The van der Waals surface area contributed by atoms with E-state index in [2.05, 4.69) is 5.32 Å². The number of carbonyl (C=O) groups is 1. The number of hydrogen-bond acceptors (Lipinski definition) is 4. The number of ether oxygens (including phenoxy) is 1. The molecule has 1 aromatic rings. The topological polar surface area (TPSA) is 58.6 Å². The van der Waals surface area contributed by atoms with Crippen LogP contribution in [0.4, 0.5) is 0 Å². The van der Waals surface area contributed by atoms with E-state index in [4.69, 9.17) is 33.0 Å². The van der Waals surface area contributed by atoms with Crippen molar-refractivity contribution < 1.29 is 14.6 Å². The fraction of sp³-hybridized carbons (Fsp3) is 0.462. The van der Waals surface area contributed by atoms with Gasteiger partial charge in [0.1, 0.15) is 5.75 Å².